The van der Waals surface area contributed by atoms with Crippen LogP contribution in [0.2, 0.25) is 0 Å². The Bertz CT molecular complexity index is 5080. The van der Waals surface area contributed by atoms with E-state index in [4.69, 9.17) is 72.8 Å². The number of aromatic nitrogens is 9. The Morgan fingerprint density at radius 1 is 0.445 bits per heavy atom. The molecule has 3 aromatic carbocycles. The number of hydrogen-bond acceptors (Lipinski definition) is 36. The molecular weight excluding hydrogens is 1620 g/mol. The first-order chi connectivity index (χ1) is 56.5. The molecule has 15 N–H and O–H groups in total. The number of hydrogen-bond donors (Lipinski definition) is 12. The highest BCUT2D eigenvalue weighted by Crippen LogP contribution is 2.53. The molecule has 636 valence electrons. The van der Waals surface area contributed by atoms with E-state index in [-0.39, 0.29) is 57.9 Å². The van der Waals surface area contributed by atoms with E-state index in [0.29, 0.717) is 29.4 Å². The number of carbonyl (C=O) groups is 3. The molecule has 0 bridgehead atoms. The number of aliphatic hydroxyl groups is 6. The third-order valence-corrected chi connectivity index (χ3v) is 23.5. The topological polar surface area (TPSA) is 611 Å². The van der Waals surface area contributed by atoms with Crippen LogP contribution in [-0.4, -0.2) is 202 Å². The predicted octanol–water partition coefficient (Wildman–Crippen LogP) is 5.28. The van der Waals surface area contributed by atoms with Gasteiger partial charge in [-0.25, -0.2) is 42.2 Å². The van der Waals surface area contributed by atoms with Gasteiger partial charge in [0.1, 0.15) is 170 Å². The highest BCUT2D eigenvalue weighted by Gasteiger charge is 2.60. The number of nitrogen functional groups attached to an aromatic ring is 3. The Hall–Kier alpha value is -10.7. The monoisotopic (exact) mass is 1710 g/mol. The van der Waals surface area contributed by atoms with Crippen molar-refractivity contribution in [3.8, 4) is 35.5 Å². The fourth-order valence-corrected chi connectivity index (χ4v) is 16.9. The van der Waals surface area contributed by atoms with Gasteiger partial charge in [0.2, 0.25) is 16.8 Å². The van der Waals surface area contributed by atoms with Crippen molar-refractivity contribution in [1.82, 2.24) is 59.1 Å². The number of rotatable bonds is 32. The molecule has 42 nitrogen and oxygen atoms in total. The second-order valence-electron chi connectivity index (χ2n) is 28.0. The fraction of sp³-hybridized carbons (Fsp3) is 0.432. The third kappa shape index (κ3) is 20.8. The highest BCUT2D eigenvalue weighted by atomic mass is 31.2. The van der Waals surface area contributed by atoms with Crippen LogP contribution in [0.3, 0.4) is 0 Å². The number of nitrogens with one attached hydrogen (secondary N) is 3. The van der Waals surface area contributed by atoms with Crippen molar-refractivity contribution in [3.63, 3.8) is 0 Å². The molecule has 45 heteroatoms. The number of aliphatic hydroxyl groups excluding tert-OH is 6. The summed E-state index contributed by atoms with van der Waals surface area (Å²) in [6.07, 6.45) is -10.2. The van der Waals surface area contributed by atoms with Gasteiger partial charge in [-0.3, -0.25) is 28.0 Å². The van der Waals surface area contributed by atoms with E-state index < -0.39 is 163 Å². The Morgan fingerprint density at radius 3 is 0.950 bits per heavy atom. The molecule has 12 rings (SSSR count). The van der Waals surface area contributed by atoms with Gasteiger partial charge < -0.3 is 89.8 Å². The Balaban J connectivity index is 0.000000188. The lowest BCUT2D eigenvalue weighted by Crippen LogP contribution is -2.46. The van der Waals surface area contributed by atoms with Gasteiger partial charge in [-0.15, -0.1) is 0 Å². The van der Waals surface area contributed by atoms with Crippen molar-refractivity contribution >= 4 is 75.2 Å². The predicted molar refractivity (Wildman–Crippen MR) is 417 cm³/mol. The van der Waals surface area contributed by atoms with Crippen LogP contribution in [0.25, 0.3) is 16.6 Å². The number of esters is 3. The molecule has 0 saturated carbocycles. The quantitative estimate of drug-likeness (QED) is 0.0145. The lowest BCUT2D eigenvalue weighted by molar-refractivity contribution is -0.151. The van der Waals surface area contributed by atoms with E-state index in [1.165, 1.54) is 89.7 Å². The summed E-state index contributed by atoms with van der Waals surface area (Å²) in [7, 11) is -13.2. The minimum Gasteiger partial charge on any atom is -0.462 e. The molecule has 119 heavy (non-hydrogen) atoms. The SMILES string of the molecule is CC(C)OC(=O)[C@H](C)NP(=O)(OC[C@@]1(C#N)O[C@@H](c2ccc3c(N)ncnn23)[C@H](O)[C@@H]1O)Oc1ccccc1.CC(C)OC(=O)[C@H](C)N[P@](=O)(OC[C@@]1(C#N)O[C@@H](c2ccc3c(N)ncnn23)[C@H](O)[C@@H]1O)Oc1ccccc1.CCC(CC)OC(=O)[C@H](C)NP(=O)(OC[C@@]1(C#N)O[C@@H](c2ccc3c(N)ncnn23)[C@H](O)[C@@H]1O)Oc1ccccc1. The molecule has 0 amide bonds. The van der Waals surface area contributed by atoms with Gasteiger partial charge in [0.25, 0.3) is 0 Å². The van der Waals surface area contributed by atoms with Crippen molar-refractivity contribution in [3.05, 3.63) is 163 Å². The van der Waals surface area contributed by atoms with E-state index in [9.17, 15) is 74.5 Å². The maximum Gasteiger partial charge on any atom is 0.459 e. The van der Waals surface area contributed by atoms with E-state index in [1.807, 2.05) is 32.1 Å². The van der Waals surface area contributed by atoms with Crippen LogP contribution >= 0.6 is 23.2 Å². The summed E-state index contributed by atoms with van der Waals surface area (Å²) in [5.74, 6) is -1.14. The third-order valence-electron chi connectivity index (χ3n) is 18.6. The number of fused-ring (bicyclic) bond motifs is 3. The minimum absolute atomic E-state index is 0.145. The second-order valence-corrected chi connectivity index (χ2v) is 33.0. The molecule has 9 heterocycles. The number of nitrogens with two attached hydrogens (primary N) is 3. The molecule has 3 fully saturated rings. The van der Waals surface area contributed by atoms with Gasteiger partial charge in [0.15, 0.2) is 17.5 Å². The van der Waals surface area contributed by atoms with E-state index in [1.54, 1.807) is 119 Å². The van der Waals surface area contributed by atoms with Crippen LogP contribution in [-0.2, 0) is 70.1 Å². The van der Waals surface area contributed by atoms with Crippen molar-refractivity contribution < 1.29 is 114 Å². The highest BCUT2D eigenvalue weighted by molar-refractivity contribution is 7.52. The van der Waals surface area contributed by atoms with Crippen LogP contribution in [0.15, 0.2) is 146 Å². The van der Waals surface area contributed by atoms with Crippen molar-refractivity contribution in [1.29, 1.82) is 15.8 Å². The summed E-state index contributed by atoms with van der Waals surface area (Å²) < 4.78 is 113. The first-order valence-corrected chi connectivity index (χ1v) is 41.7. The molecule has 2 unspecified atom stereocenters. The normalized spacial score (nSPS) is 25.0. The average molecular weight is 1710 g/mol. The van der Waals surface area contributed by atoms with Gasteiger partial charge in [-0.05, 0) is 134 Å². The number of para-hydroxylation sites is 3. The molecule has 3 aliphatic rings. The molecule has 0 aliphatic carbocycles. The summed E-state index contributed by atoms with van der Waals surface area (Å²) in [4.78, 5) is 49.2. The summed E-state index contributed by atoms with van der Waals surface area (Å²) >= 11 is 0. The van der Waals surface area contributed by atoms with Crippen LogP contribution in [0.1, 0.15) is 111 Å². The van der Waals surface area contributed by atoms with E-state index >= 15 is 0 Å². The van der Waals surface area contributed by atoms with E-state index in [0.717, 1.165) is 0 Å². The van der Waals surface area contributed by atoms with Gasteiger partial charge >= 0.3 is 41.1 Å². The number of ether oxygens (including phenoxy) is 6. The second kappa shape index (κ2) is 38.6. The zero-order valence-electron chi connectivity index (χ0n) is 65.5. The number of benzene rings is 3. The maximum absolute atomic E-state index is 13.9. The molecule has 3 saturated heterocycles. The molecule has 9 aromatic rings. The first kappa shape index (κ1) is 90.6. The van der Waals surface area contributed by atoms with Crippen LogP contribution in [0, 0.1) is 34.0 Å². The Morgan fingerprint density at radius 2 is 0.706 bits per heavy atom. The van der Waals surface area contributed by atoms with Crippen molar-refractivity contribution in [2.75, 3.05) is 37.0 Å². The molecule has 6 aromatic heterocycles. The number of nitrogens with zero attached hydrogens (tertiary/aromatic N) is 12. The Kier molecular flexibility index (Phi) is 29.4. The zero-order valence-corrected chi connectivity index (χ0v) is 68.2. The number of carbonyl (C=O) groups excluding carboxylic acids is 3. The molecular formula is C74H91N18O24P3. The summed E-state index contributed by atoms with van der Waals surface area (Å²) in [5, 5.41) is 115. The van der Waals surface area contributed by atoms with Crippen LogP contribution in [0.5, 0.6) is 17.2 Å². The smallest absolute Gasteiger partial charge is 0.459 e. The van der Waals surface area contributed by atoms with Gasteiger partial charge in [-0.1, -0.05) is 68.4 Å². The standard InChI is InChI=1S/C26H33N6O8P.2C24H29N6O8P/c1-4-17(5-2)38-25(35)16(3)31-41(36,40-18-9-7-6-8-10-18)37-14-26(13-27)23(34)21(33)22(39-26)19-11-12-20-24(28)29-15-30-32(19)20;2*1-14(2)36-23(33)15(3)29-39(34,38-16-7-5-4-6-8-16)35-12-24(11-25)21(32)19(31)20(37-24)17-9-10-18-22(26)27-13-28-30(17)18/h6-12,15-17,21-23,33-34H,4-5,14H2,1-3H3,(H,31,36)(H2,28,29,30);2*4-10,13-15,19-21,31-32H,12H2,1-3H3,(H,29,34)(H2,26,27,28)/t16-,21-,22-,23-,26+,41?;15-,19-,20-,21-,24+,39?;15-,19-,20-,21-,24+,39-/m000/s1. The van der Waals surface area contributed by atoms with Crippen molar-refractivity contribution in [2.24, 2.45) is 0 Å². The Labute approximate surface area is 680 Å². The lowest BCUT2D eigenvalue weighted by Gasteiger charge is -2.28. The van der Waals surface area contributed by atoms with E-state index in [2.05, 4.69) is 45.5 Å². The summed E-state index contributed by atoms with van der Waals surface area (Å²) in [5.41, 5.74) is 13.3. The molecule has 3 aliphatic heterocycles. The first-order valence-electron chi connectivity index (χ1n) is 37.1. The maximum atomic E-state index is 13.9. The summed E-state index contributed by atoms with van der Waals surface area (Å²) in [6.45, 7) is 12.2. The van der Waals surface area contributed by atoms with Gasteiger partial charge in [-0.2, -0.15) is 46.3 Å². The molecule has 18 atom stereocenters. The fourth-order valence-electron chi connectivity index (χ4n) is 12.4. The largest absolute Gasteiger partial charge is 0.462 e. The molecule has 0 spiro atoms. The number of anilines is 3. The number of nitriles is 3. The lowest BCUT2D eigenvalue weighted by atomic mass is 9.96. The average Bonchev–Trinajstić information content (AvgIpc) is 1.61. The van der Waals surface area contributed by atoms with Crippen LogP contribution < -0.4 is 46.0 Å². The van der Waals surface area contributed by atoms with Gasteiger partial charge in [0.05, 0.1) is 29.3 Å². The summed E-state index contributed by atoms with van der Waals surface area (Å²) in [6, 6.07) is 35.7. The molecule has 0 radical (unpaired) electrons. The zero-order chi connectivity index (χ0) is 86.5. The van der Waals surface area contributed by atoms with Crippen molar-refractivity contribution in [2.45, 2.75) is 183 Å². The van der Waals surface area contributed by atoms with Gasteiger partial charge in [0, 0.05) is 0 Å². The minimum atomic E-state index is -4.41. The van der Waals surface area contributed by atoms with Crippen LogP contribution in [0.4, 0.5) is 17.5 Å².